The van der Waals surface area contributed by atoms with Crippen molar-refractivity contribution in [3.05, 3.63) is 39.9 Å². The van der Waals surface area contributed by atoms with E-state index in [1.807, 2.05) is 6.26 Å². The van der Waals surface area contributed by atoms with Crippen LogP contribution in [0.25, 0.3) is 0 Å². The van der Waals surface area contributed by atoms with Gasteiger partial charge >= 0.3 is 0 Å². The number of nitro groups is 1. The van der Waals surface area contributed by atoms with Crippen LogP contribution >= 0.6 is 11.8 Å². The van der Waals surface area contributed by atoms with E-state index in [0.29, 0.717) is 5.56 Å². The van der Waals surface area contributed by atoms with Crippen LogP contribution in [-0.2, 0) is 0 Å². The van der Waals surface area contributed by atoms with Crippen LogP contribution in [0.15, 0.2) is 29.4 Å². The van der Waals surface area contributed by atoms with Gasteiger partial charge in [-0.25, -0.2) is 5.43 Å². The quantitative estimate of drug-likeness (QED) is 0.370. The van der Waals surface area contributed by atoms with E-state index in [1.165, 1.54) is 24.3 Å². The van der Waals surface area contributed by atoms with Crippen molar-refractivity contribution in [2.24, 2.45) is 5.10 Å². The van der Waals surface area contributed by atoms with Crippen LogP contribution in [0, 0.1) is 10.1 Å². The van der Waals surface area contributed by atoms with E-state index in [2.05, 4.69) is 10.5 Å². The van der Waals surface area contributed by atoms with Crippen molar-refractivity contribution in [2.45, 2.75) is 6.42 Å². The van der Waals surface area contributed by atoms with Gasteiger partial charge in [0.15, 0.2) is 0 Å². The fourth-order valence-electron chi connectivity index (χ4n) is 1.14. The zero-order valence-electron chi connectivity index (χ0n) is 9.83. The molecule has 1 aromatic rings. The van der Waals surface area contributed by atoms with E-state index >= 15 is 0 Å². The van der Waals surface area contributed by atoms with Crippen molar-refractivity contribution in [1.82, 2.24) is 5.43 Å². The maximum absolute atomic E-state index is 11.6. The molecule has 7 heteroatoms. The molecule has 6 nitrogen and oxygen atoms in total. The lowest BCUT2D eigenvalue weighted by Gasteiger charge is -1.99. The summed E-state index contributed by atoms with van der Waals surface area (Å²) in [7, 11) is 0. The number of non-ortho nitro benzene ring substituents is 1. The summed E-state index contributed by atoms with van der Waals surface area (Å²) in [6, 6.07) is 5.36. The summed E-state index contributed by atoms with van der Waals surface area (Å²) in [6.07, 6.45) is 4.39. The molecule has 0 saturated carbocycles. The number of hydrogen-bond acceptors (Lipinski definition) is 5. The fraction of sp³-hybridized carbons (Fsp3) is 0.273. The van der Waals surface area contributed by atoms with Gasteiger partial charge in [-0.2, -0.15) is 16.9 Å². The Bertz CT molecular complexity index is 445. The largest absolute Gasteiger partial charge is 0.271 e. The average Bonchev–Trinajstić information content (AvgIpc) is 2.38. The van der Waals surface area contributed by atoms with Gasteiger partial charge in [0.05, 0.1) is 4.92 Å². The van der Waals surface area contributed by atoms with Crippen molar-refractivity contribution < 1.29 is 9.72 Å². The average molecular weight is 267 g/mol. The SMILES string of the molecule is CSCC/C=N/NC(=O)c1ccc([N+](=O)[O-])cc1. The number of carbonyl (C=O) groups excluding carboxylic acids is 1. The van der Waals surface area contributed by atoms with Gasteiger partial charge in [-0.15, -0.1) is 0 Å². The van der Waals surface area contributed by atoms with E-state index in [4.69, 9.17) is 0 Å². The number of hydrogen-bond donors (Lipinski definition) is 1. The Labute approximate surface area is 109 Å². The molecular weight excluding hydrogens is 254 g/mol. The summed E-state index contributed by atoms with van der Waals surface area (Å²) in [6.45, 7) is 0. The molecule has 0 atom stereocenters. The molecule has 0 aliphatic heterocycles. The van der Waals surface area contributed by atoms with E-state index < -0.39 is 4.92 Å². The molecule has 0 spiro atoms. The molecule has 0 bridgehead atoms. The number of carbonyl (C=O) groups is 1. The van der Waals surface area contributed by atoms with Crippen molar-refractivity contribution >= 4 is 29.6 Å². The molecule has 0 radical (unpaired) electrons. The van der Waals surface area contributed by atoms with Crippen molar-refractivity contribution in [3.8, 4) is 0 Å². The number of thioether (sulfide) groups is 1. The van der Waals surface area contributed by atoms with Gasteiger partial charge in [-0.1, -0.05) is 0 Å². The molecule has 0 heterocycles. The summed E-state index contributed by atoms with van der Waals surface area (Å²) in [4.78, 5) is 21.5. The first-order valence-corrected chi connectivity index (χ1v) is 6.60. The third-order valence-corrected chi connectivity index (χ3v) is 2.69. The molecule has 0 aliphatic carbocycles. The summed E-state index contributed by atoms with van der Waals surface area (Å²) in [5.74, 6) is 0.557. The fourth-order valence-corrected chi connectivity index (χ4v) is 1.48. The van der Waals surface area contributed by atoms with Crippen LogP contribution in [0.5, 0.6) is 0 Å². The van der Waals surface area contributed by atoms with E-state index in [-0.39, 0.29) is 11.6 Å². The molecule has 0 aliphatic rings. The second-order valence-corrected chi connectivity index (χ2v) is 4.32. The Morgan fingerprint density at radius 2 is 2.17 bits per heavy atom. The third kappa shape index (κ3) is 4.54. The van der Waals surface area contributed by atoms with E-state index in [9.17, 15) is 14.9 Å². The summed E-state index contributed by atoms with van der Waals surface area (Å²) in [5.41, 5.74) is 2.65. The van der Waals surface area contributed by atoms with Crippen molar-refractivity contribution in [3.63, 3.8) is 0 Å². The minimum Gasteiger partial charge on any atom is -0.267 e. The number of rotatable bonds is 6. The first kappa shape index (κ1) is 14.2. The highest BCUT2D eigenvalue weighted by molar-refractivity contribution is 7.98. The number of amides is 1. The summed E-state index contributed by atoms with van der Waals surface area (Å²) < 4.78 is 0. The molecule has 1 amide bonds. The molecule has 0 aromatic heterocycles. The first-order valence-electron chi connectivity index (χ1n) is 5.20. The van der Waals surface area contributed by atoms with Gasteiger partial charge in [0.25, 0.3) is 11.6 Å². The Morgan fingerprint density at radius 1 is 1.50 bits per heavy atom. The van der Waals surface area contributed by atoms with Crippen LogP contribution in [0.1, 0.15) is 16.8 Å². The number of nitrogens with zero attached hydrogens (tertiary/aromatic N) is 2. The van der Waals surface area contributed by atoms with Gasteiger partial charge in [-0.3, -0.25) is 14.9 Å². The Morgan fingerprint density at radius 3 is 2.72 bits per heavy atom. The minimum absolute atomic E-state index is 0.0463. The minimum atomic E-state index is -0.512. The monoisotopic (exact) mass is 267 g/mol. The third-order valence-electron chi connectivity index (χ3n) is 2.05. The van der Waals surface area contributed by atoms with Gasteiger partial charge in [0, 0.05) is 23.9 Å². The smallest absolute Gasteiger partial charge is 0.267 e. The Balaban J connectivity index is 2.51. The van der Waals surface area contributed by atoms with Crippen LogP contribution in [0.2, 0.25) is 0 Å². The lowest BCUT2D eigenvalue weighted by Crippen LogP contribution is -2.17. The van der Waals surface area contributed by atoms with Gasteiger partial charge < -0.3 is 0 Å². The number of nitro benzene ring substituents is 1. The lowest BCUT2D eigenvalue weighted by molar-refractivity contribution is -0.384. The first-order chi connectivity index (χ1) is 8.65. The molecule has 96 valence electrons. The van der Waals surface area contributed by atoms with Gasteiger partial charge in [0.1, 0.15) is 0 Å². The topological polar surface area (TPSA) is 84.6 Å². The van der Waals surface area contributed by atoms with Crippen LogP contribution in [0.4, 0.5) is 5.69 Å². The molecular formula is C11H13N3O3S. The molecule has 1 N–H and O–H groups in total. The maximum Gasteiger partial charge on any atom is 0.271 e. The van der Waals surface area contributed by atoms with Crippen LogP contribution in [0.3, 0.4) is 0 Å². The van der Waals surface area contributed by atoms with Gasteiger partial charge in [0.2, 0.25) is 0 Å². The van der Waals surface area contributed by atoms with E-state index in [1.54, 1.807) is 18.0 Å². The standard InChI is InChI=1S/C11H13N3O3S/c1-18-8-2-7-12-13-11(15)9-3-5-10(6-4-9)14(16)17/h3-7H,2,8H2,1H3,(H,13,15)/b12-7+. The van der Waals surface area contributed by atoms with Crippen molar-refractivity contribution in [2.75, 3.05) is 12.0 Å². The highest BCUT2D eigenvalue weighted by Gasteiger charge is 2.08. The second-order valence-electron chi connectivity index (χ2n) is 3.34. The summed E-state index contributed by atoms with van der Waals surface area (Å²) in [5, 5.41) is 14.2. The molecule has 1 rings (SSSR count). The number of nitrogens with one attached hydrogen (secondary N) is 1. The second kappa shape index (κ2) is 7.44. The predicted octanol–water partition coefficient (Wildman–Crippen LogP) is 2.06. The zero-order valence-corrected chi connectivity index (χ0v) is 10.6. The lowest BCUT2D eigenvalue weighted by atomic mass is 10.2. The molecule has 1 aromatic carbocycles. The number of hydrazone groups is 1. The summed E-state index contributed by atoms with van der Waals surface area (Å²) >= 11 is 1.69. The predicted molar refractivity (Wildman–Crippen MR) is 72.1 cm³/mol. The van der Waals surface area contributed by atoms with Gasteiger partial charge in [-0.05, 0) is 30.6 Å². The molecule has 0 saturated heterocycles. The highest BCUT2D eigenvalue weighted by Crippen LogP contribution is 2.11. The zero-order chi connectivity index (χ0) is 13.4. The molecule has 0 fully saturated rings. The van der Waals surface area contributed by atoms with Crippen molar-refractivity contribution in [1.29, 1.82) is 0 Å². The van der Waals surface area contributed by atoms with Crippen LogP contribution in [-0.4, -0.2) is 29.1 Å². The Kier molecular flexibility index (Phi) is 5.86. The maximum atomic E-state index is 11.6. The number of benzene rings is 1. The van der Waals surface area contributed by atoms with E-state index in [0.717, 1.165) is 12.2 Å². The molecule has 18 heavy (non-hydrogen) atoms. The highest BCUT2D eigenvalue weighted by atomic mass is 32.2. The normalized spacial score (nSPS) is 10.5. The Hall–Kier alpha value is -1.89. The van der Waals surface area contributed by atoms with Crippen LogP contribution < -0.4 is 5.43 Å². The molecule has 0 unspecified atom stereocenters.